The molecule has 6 heteroatoms. The van der Waals surface area contributed by atoms with Crippen molar-refractivity contribution in [2.75, 3.05) is 6.54 Å². The minimum absolute atomic E-state index is 0.200. The molecule has 0 saturated carbocycles. The van der Waals surface area contributed by atoms with Crippen LogP contribution in [0.1, 0.15) is 23.6 Å². The molecule has 1 N–H and O–H groups in total. The summed E-state index contributed by atoms with van der Waals surface area (Å²) in [6, 6.07) is 11.0. The van der Waals surface area contributed by atoms with Gasteiger partial charge in [-0.2, -0.15) is 0 Å². The van der Waals surface area contributed by atoms with Crippen molar-refractivity contribution in [3.63, 3.8) is 0 Å². The molecule has 0 aliphatic rings. The minimum atomic E-state index is -3.57. The van der Waals surface area contributed by atoms with Crippen molar-refractivity contribution in [1.82, 2.24) is 4.72 Å². The van der Waals surface area contributed by atoms with Crippen LogP contribution >= 0.6 is 15.9 Å². The molecule has 0 fully saturated rings. The number of para-hydroxylation sites is 1. The third-order valence-corrected chi connectivity index (χ3v) is 5.79. The molecular formula is C18H22BrNO3S. The van der Waals surface area contributed by atoms with Crippen LogP contribution in [0, 0.1) is 20.8 Å². The lowest BCUT2D eigenvalue weighted by atomic mass is 10.1. The summed E-state index contributed by atoms with van der Waals surface area (Å²) in [5.41, 5.74) is 2.77. The summed E-state index contributed by atoms with van der Waals surface area (Å²) in [7, 11) is -3.57. The highest BCUT2D eigenvalue weighted by Gasteiger charge is 2.18. The van der Waals surface area contributed by atoms with Crippen LogP contribution in [-0.2, 0) is 10.0 Å². The Kier molecular flexibility index (Phi) is 6.06. The largest absolute Gasteiger partial charge is 0.489 e. The molecule has 2 aromatic rings. The van der Waals surface area contributed by atoms with Crippen molar-refractivity contribution >= 4 is 26.0 Å². The Morgan fingerprint density at radius 1 is 1.08 bits per heavy atom. The second-order valence-electron chi connectivity index (χ2n) is 5.91. The molecule has 0 aromatic heterocycles. The van der Waals surface area contributed by atoms with Gasteiger partial charge in [-0.3, -0.25) is 0 Å². The zero-order valence-corrected chi connectivity index (χ0v) is 16.7. The molecule has 24 heavy (non-hydrogen) atoms. The topological polar surface area (TPSA) is 55.4 Å². The number of hydrogen-bond acceptors (Lipinski definition) is 3. The maximum absolute atomic E-state index is 12.5. The molecule has 0 saturated heterocycles. The van der Waals surface area contributed by atoms with Crippen molar-refractivity contribution in [3.8, 4) is 5.75 Å². The Balaban J connectivity index is 2.06. The Morgan fingerprint density at radius 3 is 2.29 bits per heavy atom. The van der Waals surface area contributed by atoms with Crippen LogP contribution < -0.4 is 9.46 Å². The SMILES string of the molecule is Cc1cc(Br)ccc1S(=O)(=O)NCC(C)Oc1c(C)cccc1C. The molecule has 4 nitrogen and oxygen atoms in total. The lowest BCUT2D eigenvalue weighted by Gasteiger charge is -2.19. The fourth-order valence-corrected chi connectivity index (χ4v) is 4.26. The van der Waals surface area contributed by atoms with E-state index in [0.29, 0.717) is 5.56 Å². The molecule has 0 aliphatic heterocycles. The van der Waals surface area contributed by atoms with E-state index in [1.165, 1.54) is 0 Å². The van der Waals surface area contributed by atoms with Gasteiger partial charge in [0, 0.05) is 11.0 Å². The predicted octanol–water partition coefficient (Wildman–Crippen LogP) is 4.12. The van der Waals surface area contributed by atoms with E-state index >= 15 is 0 Å². The number of nitrogens with one attached hydrogen (secondary N) is 1. The third kappa shape index (κ3) is 4.59. The second kappa shape index (κ2) is 7.68. The van der Waals surface area contributed by atoms with Crippen molar-refractivity contribution < 1.29 is 13.2 Å². The number of aryl methyl sites for hydroxylation is 3. The molecule has 0 bridgehead atoms. The number of rotatable bonds is 6. The lowest BCUT2D eigenvalue weighted by Crippen LogP contribution is -2.34. The van der Waals surface area contributed by atoms with Gasteiger partial charge >= 0.3 is 0 Å². The number of sulfonamides is 1. The van der Waals surface area contributed by atoms with Gasteiger partial charge < -0.3 is 4.74 Å². The Hall–Kier alpha value is -1.37. The van der Waals surface area contributed by atoms with E-state index in [9.17, 15) is 8.42 Å². The van der Waals surface area contributed by atoms with Gasteiger partial charge in [0.05, 0.1) is 4.90 Å². The normalized spacial score (nSPS) is 12.9. The smallest absolute Gasteiger partial charge is 0.240 e. The zero-order valence-electron chi connectivity index (χ0n) is 14.3. The van der Waals surface area contributed by atoms with Gasteiger partial charge in [0.2, 0.25) is 10.0 Å². The average molecular weight is 412 g/mol. The summed E-state index contributed by atoms with van der Waals surface area (Å²) >= 11 is 3.34. The highest BCUT2D eigenvalue weighted by Crippen LogP contribution is 2.24. The molecule has 0 spiro atoms. The van der Waals surface area contributed by atoms with Crippen LogP contribution in [0.15, 0.2) is 45.8 Å². The number of hydrogen-bond donors (Lipinski definition) is 1. The molecule has 0 heterocycles. The van der Waals surface area contributed by atoms with Crippen LogP contribution in [0.3, 0.4) is 0 Å². The first kappa shape index (κ1) is 19.0. The summed E-state index contributed by atoms with van der Waals surface area (Å²) < 4.78 is 34.3. The summed E-state index contributed by atoms with van der Waals surface area (Å²) in [6.45, 7) is 7.78. The first-order valence-electron chi connectivity index (χ1n) is 7.69. The maximum atomic E-state index is 12.5. The summed E-state index contributed by atoms with van der Waals surface area (Å²) in [6.07, 6.45) is -0.282. The third-order valence-electron chi connectivity index (χ3n) is 3.72. The highest BCUT2D eigenvalue weighted by molar-refractivity contribution is 9.10. The van der Waals surface area contributed by atoms with E-state index in [1.54, 1.807) is 25.1 Å². The predicted molar refractivity (Wildman–Crippen MR) is 100 cm³/mol. The average Bonchev–Trinajstić information content (AvgIpc) is 2.49. The molecule has 130 valence electrons. The Morgan fingerprint density at radius 2 is 1.71 bits per heavy atom. The van der Waals surface area contributed by atoms with Crippen molar-refractivity contribution in [2.24, 2.45) is 0 Å². The molecule has 1 unspecified atom stereocenters. The quantitative estimate of drug-likeness (QED) is 0.777. The van der Waals surface area contributed by atoms with Gasteiger partial charge in [0.1, 0.15) is 11.9 Å². The fourth-order valence-electron chi connectivity index (χ4n) is 2.45. The van der Waals surface area contributed by atoms with Crippen molar-refractivity contribution in [3.05, 3.63) is 57.6 Å². The molecule has 2 rings (SSSR count). The summed E-state index contributed by atoms with van der Waals surface area (Å²) in [5.74, 6) is 0.809. The molecule has 0 aliphatic carbocycles. The van der Waals surface area contributed by atoms with E-state index in [4.69, 9.17) is 4.74 Å². The number of ether oxygens (including phenoxy) is 1. The minimum Gasteiger partial charge on any atom is -0.489 e. The van der Waals surface area contributed by atoms with E-state index in [2.05, 4.69) is 20.7 Å². The Labute approximate surface area is 152 Å². The molecule has 1 atom stereocenters. The fraction of sp³-hybridized carbons (Fsp3) is 0.333. The summed E-state index contributed by atoms with van der Waals surface area (Å²) in [4.78, 5) is 0.282. The van der Waals surface area contributed by atoms with E-state index in [0.717, 1.165) is 21.3 Å². The van der Waals surface area contributed by atoms with Crippen LogP contribution in [0.4, 0.5) is 0 Å². The van der Waals surface area contributed by atoms with Crippen LogP contribution in [0.2, 0.25) is 0 Å². The molecule has 0 amide bonds. The molecular weight excluding hydrogens is 390 g/mol. The van der Waals surface area contributed by atoms with Gasteiger partial charge in [-0.05, 0) is 62.6 Å². The van der Waals surface area contributed by atoms with Crippen molar-refractivity contribution in [1.29, 1.82) is 0 Å². The van der Waals surface area contributed by atoms with Crippen LogP contribution in [0.5, 0.6) is 5.75 Å². The maximum Gasteiger partial charge on any atom is 0.240 e. The number of halogens is 1. The highest BCUT2D eigenvalue weighted by atomic mass is 79.9. The second-order valence-corrected chi connectivity index (χ2v) is 8.56. The monoisotopic (exact) mass is 411 g/mol. The van der Waals surface area contributed by atoms with Crippen LogP contribution in [0.25, 0.3) is 0 Å². The molecule has 0 radical (unpaired) electrons. The van der Waals surface area contributed by atoms with Gasteiger partial charge in [0.25, 0.3) is 0 Å². The number of benzene rings is 2. The van der Waals surface area contributed by atoms with Gasteiger partial charge in [-0.25, -0.2) is 13.1 Å². The lowest BCUT2D eigenvalue weighted by molar-refractivity contribution is 0.222. The van der Waals surface area contributed by atoms with Crippen LogP contribution in [-0.4, -0.2) is 21.1 Å². The van der Waals surface area contributed by atoms with E-state index in [-0.39, 0.29) is 17.5 Å². The first-order valence-corrected chi connectivity index (χ1v) is 9.97. The van der Waals surface area contributed by atoms with Gasteiger partial charge in [0.15, 0.2) is 0 Å². The van der Waals surface area contributed by atoms with E-state index in [1.807, 2.05) is 39.0 Å². The zero-order chi connectivity index (χ0) is 17.9. The standard InChI is InChI=1S/C18H22BrNO3S/c1-12-6-5-7-13(2)18(12)23-15(4)11-20-24(21,22)17-9-8-16(19)10-14(17)3/h5-10,15,20H,11H2,1-4H3. The molecule has 2 aromatic carbocycles. The van der Waals surface area contributed by atoms with Crippen molar-refractivity contribution in [2.45, 2.75) is 38.7 Å². The van der Waals surface area contributed by atoms with E-state index < -0.39 is 10.0 Å². The van der Waals surface area contributed by atoms with Gasteiger partial charge in [-0.1, -0.05) is 34.1 Å². The summed E-state index contributed by atoms with van der Waals surface area (Å²) in [5, 5.41) is 0. The van der Waals surface area contributed by atoms with Gasteiger partial charge in [-0.15, -0.1) is 0 Å². The Bertz CT molecular complexity index is 814. The first-order chi connectivity index (χ1) is 11.2.